The molecule has 0 N–H and O–H groups in total. The minimum Gasteiger partial charge on any atom is -0.469 e. The first kappa shape index (κ1) is 22.8. The zero-order valence-corrected chi connectivity index (χ0v) is 19.4. The molecular weight excluding hydrogens is 360 g/mol. The predicted octanol–water partition coefficient (Wildman–Crippen LogP) is 6.73. The number of hydrogen-bond donors (Lipinski definition) is 0. The van der Waals surface area contributed by atoms with Crippen molar-refractivity contribution in [3.05, 3.63) is 0 Å². The Bertz CT molecular complexity index is 585. The van der Waals surface area contributed by atoms with Gasteiger partial charge in [-0.1, -0.05) is 33.6 Å². The Balaban J connectivity index is 1.59. The van der Waals surface area contributed by atoms with E-state index in [0.29, 0.717) is 23.5 Å². The van der Waals surface area contributed by atoms with Crippen LogP contribution in [0.4, 0.5) is 0 Å². The summed E-state index contributed by atoms with van der Waals surface area (Å²) in [5.74, 6) is 3.40. The summed E-state index contributed by atoms with van der Waals surface area (Å²) < 4.78 is 4.80. The second-order valence-electron chi connectivity index (χ2n) is 11.1. The SMILES string of the molecule is COC(=O)CCCC1CCC2(C)C(CCC3(C)C(=O)CCC3C)CCCCC2C1. The number of esters is 1. The van der Waals surface area contributed by atoms with E-state index in [0.717, 1.165) is 43.4 Å². The summed E-state index contributed by atoms with van der Waals surface area (Å²) in [6.45, 7) is 7.13. The van der Waals surface area contributed by atoms with Crippen molar-refractivity contribution >= 4 is 11.8 Å². The van der Waals surface area contributed by atoms with E-state index < -0.39 is 0 Å². The van der Waals surface area contributed by atoms with Gasteiger partial charge in [-0.3, -0.25) is 9.59 Å². The number of carbonyl (C=O) groups is 2. The number of fused-ring (bicyclic) bond motifs is 1. The first-order valence-corrected chi connectivity index (χ1v) is 12.4. The average molecular weight is 405 g/mol. The molecule has 0 heterocycles. The average Bonchev–Trinajstić information content (AvgIpc) is 2.87. The number of hydrogen-bond acceptors (Lipinski definition) is 3. The lowest BCUT2D eigenvalue weighted by molar-refractivity contribution is -0.140. The van der Waals surface area contributed by atoms with Crippen molar-refractivity contribution in [1.82, 2.24) is 0 Å². The van der Waals surface area contributed by atoms with Gasteiger partial charge in [0.2, 0.25) is 0 Å². The second kappa shape index (κ2) is 9.52. The molecule has 0 aromatic rings. The van der Waals surface area contributed by atoms with Crippen molar-refractivity contribution in [1.29, 1.82) is 0 Å². The molecule has 0 bridgehead atoms. The van der Waals surface area contributed by atoms with Gasteiger partial charge in [0.25, 0.3) is 0 Å². The van der Waals surface area contributed by atoms with Gasteiger partial charge in [0.1, 0.15) is 5.78 Å². The van der Waals surface area contributed by atoms with E-state index in [4.69, 9.17) is 4.74 Å². The molecule has 3 rings (SSSR count). The summed E-state index contributed by atoms with van der Waals surface area (Å²) in [4.78, 5) is 24.0. The Kier molecular flexibility index (Phi) is 7.49. The molecule has 3 heteroatoms. The number of carbonyl (C=O) groups excluding carboxylic acids is 2. The van der Waals surface area contributed by atoms with Crippen LogP contribution >= 0.6 is 0 Å². The molecule has 3 aliphatic carbocycles. The number of ether oxygens (including phenoxy) is 1. The smallest absolute Gasteiger partial charge is 0.305 e. The van der Waals surface area contributed by atoms with Crippen LogP contribution in [0.5, 0.6) is 0 Å². The van der Waals surface area contributed by atoms with Crippen molar-refractivity contribution in [3.63, 3.8) is 0 Å². The zero-order chi connectivity index (χ0) is 21.1. The summed E-state index contributed by atoms with van der Waals surface area (Å²) in [6.07, 6.45) is 16.4. The Morgan fingerprint density at radius 3 is 2.55 bits per heavy atom. The molecule has 0 radical (unpaired) electrons. The van der Waals surface area contributed by atoms with Crippen molar-refractivity contribution < 1.29 is 14.3 Å². The Hall–Kier alpha value is -0.860. The molecule has 3 aliphatic rings. The van der Waals surface area contributed by atoms with E-state index in [1.54, 1.807) is 0 Å². The van der Waals surface area contributed by atoms with Crippen LogP contribution in [0.25, 0.3) is 0 Å². The van der Waals surface area contributed by atoms with E-state index in [2.05, 4.69) is 20.8 Å². The molecule has 3 nitrogen and oxygen atoms in total. The fourth-order valence-electron chi connectivity index (χ4n) is 7.06. The van der Waals surface area contributed by atoms with Crippen LogP contribution in [0.3, 0.4) is 0 Å². The Morgan fingerprint density at radius 2 is 1.86 bits per heavy atom. The lowest BCUT2D eigenvalue weighted by Crippen LogP contribution is -2.40. The number of rotatable bonds is 7. The van der Waals surface area contributed by atoms with Crippen LogP contribution in [-0.4, -0.2) is 18.9 Å². The van der Waals surface area contributed by atoms with Crippen molar-refractivity contribution in [2.45, 2.75) is 111 Å². The molecule has 0 aliphatic heterocycles. The highest BCUT2D eigenvalue weighted by atomic mass is 16.5. The van der Waals surface area contributed by atoms with Gasteiger partial charge in [-0.2, -0.15) is 0 Å². The minimum atomic E-state index is -0.0662. The summed E-state index contributed by atoms with van der Waals surface area (Å²) in [6, 6.07) is 0. The normalized spacial score (nSPS) is 40.3. The predicted molar refractivity (Wildman–Crippen MR) is 118 cm³/mol. The van der Waals surface area contributed by atoms with E-state index in [1.807, 2.05) is 0 Å². The van der Waals surface area contributed by atoms with Crippen molar-refractivity contribution in [3.8, 4) is 0 Å². The van der Waals surface area contributed by atoms with Gasteiger partial charge in [0.15, 0.2) is 0 Å². The maximum absolute atomic E-state index is 12.6. The van der Waals surface area contributed by atoms with Crippen LogP contribution in [0.1, 0.15) is 111 Å². The number of methoxy groups -OCH3 is 1. The Morgan fingerprint density at radius 1 is 1.10 bits per heavy atom. The van der Waals surface area contributed by atoms with Crippen molar-refractivity contribution in [2.24, 2.45) is 34.5 Å². The second-order valence-corrected chi connectivity index (χ2v) is 11.1. The maximum Gasteiger partial charge on any atom is 0.305 e. The van der Waals surface area contributed by atoms with E-state index in [9.17, 15) is 9.59 Å². The van der Waals surface area contributed by atoms with Gasteiger partial charge in [0, 0.05) is 18.3 Å². The third kappa shape index (κ3) is 4.90. The molecular formula is C26H44O3. The van der Waals surface area contributed by atoms with Gasteiger partial charge in [0.05, 0.1) is 7.11 Å². The summed E-state index contributed by atoms with van der Waals surface area (Å²) >= 11 is 0. The molecule has 0 saturated heterocycles. The van der Waals surface area contributed by atoms with Crippen LogP contribution in [0.2, 0.25) is 0 Å². The number of Topliss-reactive ketones (excluding diaryl/α,β-unsaturated/α-hetero) is 1. The molecule has 0 aromatic heterocycles. The summed E-state index contributed by atoms with van der Waals surface area (Å²) in [7, 11) is 1.49. The van der Waals surface area contributed by atoms with Gasteiger partial charge < -0.3 is 4.74 Å². The van der Waals surface area contributed by atoms with Crippen LogP contribution in [0, 0.1) is 34.5 Å². The molecule has 29 heavy (non-hydrogen) atoms. The van der Waals surface area contributed by atoms with Gasteiger partial charge in [-0.05, 0) is 93.3 Å². The molecule has 3 saturated carbocycles. The molecule has 6 atom stereocenters. The van der Waals surface area contributed by atoms with Gasteiger partial charge in [-0.25, -0.2) is 0 Å². The fraction of sp³-hybridized carbons (Fsp3) is 0.923. The molecule has 0 aromatic carbocycles. The molecule has 0 spiro atoms. The number of ketones is 1. The standard InChI is InChI=1S/C26H44O3/c1-19-12-13-23(27)25(19,2)17-15-21-9-5-6-10-22-18-20(14-16-26(21,22)3)8-7-11-24(28)29-4/h19-22H,5-18H2,1-4H3. The quantitative estimate of drug-likeness (QED) is 0.442. The van der Waals surface area contributed by atoms with Crippen LogP contribution < -0.4 is 0 Å². The Labute approximate surface area is 178 Å². The molecule has 0 amide bonds. The minimum absolute atomic E-state index is 0.0654. The molecule has 3 fully saturated rings. The van der Waals surface area contributed by atoms with E-state index in [1.165, 1.54) is 64.9 Å². The highest BCUT2D eigenvalue weighted by Gasteiger charge is 2.48. The topological polar surface area (TPSA) is 43.4 Å². The lowest BCUT2D eigenvalue weighted by atomic mass is 9.56. The largest absolute Gasteiger partial charge is 0.469 e. The van der Waals surface area contributed by atoms with Gasteiger partial charge >= 0.3 is 5.97 Å². The third-order valence-corrected chi connectivity index (χ3v) is 9.69. The highest BCUT2D eigenvalue weighted by molar-refractivity contribution is 5.86. The maximum atomic E-state index is 12.6. The van der Waals surface area contributed by atoms with Crippen LogP contribution in [0.15, 0.2) is 0 Å². The van der Waals surface area contributed by atoms with E-state index >= 15 is 0 Å². The van der Waals surface area contributed by atoms with Gasteiger partial charge in [-0.15, -0.1) is 0 Å². The van der Waals surface area contributed by atoms with Crippen molar-refractivity contribution in [2.75, 3.05) is 7.11 Å². The van der Waals surface area contributed by atoms with Crippen LogP contribution in [-0.2, 0) is 14.3 Å². The first-order valence-electron chi connectivity index (χ1n) is 12.4. The highest BCUT2D eigenvalue weighted by Crippen LogP contribution is 2.56. The molecule has 166 valence electrons. The third-order valence-electron chi connectivity index (χ3n) is 9.69. The zero-order valence-electron chi connectivity index (χ0n) is 19.4. The summed E-state index contributed by atoms with van der Waals surface area (Å²) in [5.41, 5.74) is 0.389. The van der Waals surface area contributed by atoms with E-state index in [-0.39, 0.29) is 11.4 Å². The summed E-state index contributed by atoms with van der Waals surface area (Å²) in [5, 5.41) is 0. The molecule has 6 unspecified atom stereocenters. The monoisotopic (exact) mass is 404 g/mol. The fourth-order valence-corrected chi connectivity index (χ4v) is 7.06. The lowest BCUT2D eigenvalue weighted by Gasteiger charge is -2.49. The first-order chi connectivity index (χ1) is 13.8.